The highest BCUT2D eigenvalue weighted by Gasteiger charge is 2.15. The van der Waals surface area contributed by atoms with Gasteiger partial charge in [0.05, 0.1) is 6.21 Å². The summed E-state index contributed by atoms with van der Waals surface area (Å²) in [4.78, 5) is 14.5. The molecule has 0 aliphatic carbocycles. The van der Waals surface area contributed by atoms with E-state index in [9.17, 15) is 4.79 Å². The number of carbonyl (C=O) groups excluding carboxylic acids is 1. The lowest BCUT2D eigenvalue weighted by Crippen LogP contribution is -2.29. The molecular weight excluding hydrogens is 242 g/mol. The predicted octanol–water partition coefficient (Wildman–Crippen LogP) is 3.03. The Labute approximate surface area is 111 Å². The number of H-pyrrole nitrogens is 1. The third-order valence-corrected chi connectivity index (χ3v) is 2.35. The first kappa shape index (κ1) is 13.1. The zero-order chi connectivity index (χ0) is 13.9. The lowest BCUT2D eigenvalue weighted by atomic mass is 10.2. The highest BCUT2D eigenvalue weighted by atomic mass is 16.6. The molecule has 1 amide bonds. The molecule has 5 heteroatoms. The van der Waals surface area contributed by atoms with Crippen molar-refractivity contribution in [1.29, 1.82) is 0 Å². The Kier molecular flexibility index (Phi) is 3.55. The Balaban J connectivity index is 1.96. The number of benzene rings is 1. The zero-order valence-corrected chi connectivity index (χ0v) is 11.2. The van der Waals surface area contributed by atoms with Crippen molar-refractivity contribution in [3.05, 3.63) is 36.0 Å². The number of ether oxygens (including phenoxy) is 1. The molecule has 5 nitrogen and oxygen atoms in total. The minimum atomic E-state index is -0.563. The van der Waals surface area contributed by atoms with Gasteiger partial charge < -0.3 is 9.72 Å². The summed E-state index contributed by atoms with van der Waals surface area (Å²) in [5.74, 6) is 0. The minimum Gasteiger partial charge on any atom is -0.443 e. The molecule has 0 aliphatic heterocycles. The quantitative estimate of drug-likeness (QED) is 0.643. The predicted molar refractivity (Wildman–Crippen MR) is 75.3 cm³/mol. The number of amides is 1. The molecule has 0 bridgehead atoms. The van der Waals surface area contributed by atoms with Crippen molar-refractivity contribution in [3.63, 3.8) is 0 Å². The maximum Gasteiger partial charge on any atom is 0.428 e. The number of aromatic amines is 1. The van der Waals surface area contributed by atoms with Crippen molar-refractivity contribution in [3.8, 4) is 0 Å². The summed E-state index contributed by atoms with van der Waals surface area (Å²) >= 11 is 0. The van der Waals surface area contributed by atoms with E-state index < -0.39 is 11.7 Å². The zero-order valence-electron chi connectivity index (χ0n) is 11.2. The highest BCUT2D eigenvalue weighted by molar-refractivity contribution is 5.89. The van der Waals surface area contributed by atoms with E-state index in [0.29, 0.717) is 0 Å². The number of hydrogen-bond donors (Lipinski definition) is 2. The van der Waals surface area contributed by atoms with Crippen LogP contribution in [0.1, 0.15) is 26.3 Å². The lowest BCUT2D eigenvalue weighted by Gasteiger charge is -2.18. The van der Waals surface area contributed by atoms with E-state index in [4.69, 9.17) is 4.74 Å². The smallest absolute Gasteiger partial charge is 0.428 e. The number of nitrogens with zero attached hydrogens (tertiary/aromatic N) is 1. The normalized spacial score (nSPS) is 11.9. The molecule has 2 rings (SSSR count). The summed E-state index contributed by atoms with van der Waals surface area (Å²) in [5.41, 5.74) is 3.78. The molecule has 0 atom stereocenters. The van der Waals surface area contributed by atoms with Crippen molar-refractivity contribution in [2.75, 3.05) is 0 Å². The first-order valence-corrected chi connectivity index (χ1v) is 6.03. The van der Waals surface area contributed by atoms with Crippen LogP contribution in [-0.4, -0.2) is 22.9 Å². The molecule has 0 aliphatic rings. The van der Waals surface area contributed by atoms with Crippen LogP contribution in [0, 0.1) is 0 Å². The van der Waals surface area contributed by atoms with Crippen molar-refractivity contribution in [2.24, 2.45) is 5.10 Å². The Bertz CT molecular complexity index is 608. The number of fused-ring (bicyclic) bond motifs is 1. The minimum absolute atomic E-state index is 0.524. The maximum atomic E-state index is 11.4. The number of aromatic nitrogens is 1. The van der Waals surface area contributed by atoms with Gasteiger partial charge in [-0.3, -0.25) is 0 Å². The maximum absolute atomic E-state index is 11.4. The molecule has 2 N–H and O–H groups in total. The number of nitrogens with one attached hydrogen (secondary N) is 2. The second-order valence-corrected chi connectivity index (χ2v) is 5.20. The molecule has 100 valence electrons. The summed E-state index contributed by atoms with van der Waals surface area (Å²) < 4.78 is 5.06. The Morgan fingerprint density at radius 3 is 2.89 bits per heavy atom. The van der Waals surface area contributed by atoms with Crippen LogP contribution in [0.5, 0.6) is 0 Å². The van der Waals surface area contributed by atoms with Gasteiger partial charge in [-0.25, -0.2) is 10.2 Å². The second kappa shape index (κ2) is 5.14. The van der Waals surface area contributed by atoms with E-state index in [1.54, 1.807) is 27.0 Å². The van der Waals surface area contributed by atoms with Crippen LogP contribution in [0.15, 0.2) is 35.6 Å². The molecule has 1 heterocycles. The van der Waals surface area contributed by atoms with Crippen LogP contribution in [0.2, 0.25) is 0 Å². The molecular formula is C14H17N3O2. The van der Waals surface area contributed by atoms with Crippen molar-refractivity contribution in [1.82, 2.24) is 10.4 Å². The average molecular weight is 259 g/mol. The molecule has 1 aromatic heterocycles. The van der Waals surface area contributed by atoms with Gasteiger partial charge in [0, 0.05) is 11.7 Å². The van der Waals surface area contributed by atoms with Crippen molar-refractivity contribution < 1.29 is 9.53 Å². The molecule has 0 fully saturated rings. The monoisotopic (exact) mass is 259 g/mol. The van der Waals surface area contributed by atoms with E-state index in [-0.39, 0.29) is 0 Å². The molecule has 0 saturated carbocycles. The van der Waals surface area contributed by atoms with Gasteiger partial charge in [0.2, 0.25) is 0 Å². The van der Waals surface area contributed by atoms with Crippen molar-refractivity contribution in [2.45, 2.75) is 26.4 Å². The van der Waals surface area contributed by atoms with Crippen LogP contribution < -0.4 is 5.43 Å². The highest BCUT2D eigenvalue weighted by Crippen LogP contribution is 2.12. The summed E-state index contributed by atoms with van der Waals surface area (Å²) in [6.45, 7) is 5.41. The van der Waals surface area contributed by atoms with E-state index in [0.717, 1.165) is 16.5 Å². The van der Waals surface area contributed by atoms with Gasteiger partial charge in [0.1, 0.15) is 5.60 Å². The van der Waals surface area contributed by atoms with Crippen LogP contribution in [0.4, 0.5) is 4.79 Å². The third-order valence-electron chi connectivity index (χ3n) is 2.35. The Hall–Kier alpha value is -2.30. The Morgan fingerprint density at radius 2 is 2.16 bits per heavy atom. The van der Waals surface area contributed by atoms with Crippen molar-refractivity contribution >= 4 is 23.2 Å². The fraction of sp³-hybridized carbons (Fsp3) is 0.286. The van der Waals surface area contributed by atoms with Crippen LogP contribution in [-0.2, 0) is 4.74 Å². The van der Waals surface area contributed by atoms with Crippen LogP contribution in [0.3, 0.4) is 0 Å². The van der Waals surface area contributed by atoms with Gasteiger partial charge >= 0.3 is 6.09 Å². The molecule has 0 unspecified atom stereocenters. The molecule has 0 radical (unpaired) electrons. The lowest BCUT2D eigenvalue weighted by molar-refractivity contribution is 0.0529. The molecule has 2 aromatic rings. The van der Waals surface area contributed by atoms with Gasteiger partial charge in [0.15, 0.2) is 0 Å². The standard InChI is InChI=1S/C14H17N3O2/c1-14(2,3)19-13(18)17-16-9-10-4-5-12-11(8-10)6-7-15-12/h4-9,15H,1-3H3,(H,17,18)/b16-9+. The van der Waals surface area contributed by atoms with Gasteiger partial charge in [-0.05, 0) is 49.9 Å². The largest absolute Gasteiger partial charge is 0.443 e. The fourth-order valence-electron chi connectivity index (χ4n) is 1.61. The van der Waals surface area contributed by atoms with E-state index in [2.05, 4.69) is 15.5 Å². The SMILES string of the molecule is CC(C)(C)OC(=O)N/N=C/c1ccc2[nH]ccc2c1. The van der Waals surface area contributed by atoms with Gasteiger partial charge in [-0.1, -0.05) is 6.07 Å². The molecule has 1 aromatic carbocycles. The first-order chi connectivity index (χ1) is 8.94. The van der Waals surface area contributed by atoms with E-state index in [1.165, 1.54) is 0 Å². The molecule has 0 saturated heterocycles. The molecule has 19 heavy (non-hydrogen) atoms. The number of hydrogen-bond acceptors (Lipinski definition) is 3. The number of rotatable bonds is 2. The second-order valence-electron chi connectivity index (χ2n) is 5.20. The van der Waals surface area contributed by atoms with Gasteiger partial charge in [0.25, 0.3) is 0 Å². The molecule has 0 spiro atoms. The first-order valence-electron chi connectivity index (χ1n) is 6.03. The topological polar surface area (TPSA) is 66.5 Å². The Morgan fingerprint density at radius 1 is 1.37 bits per heavy atom. The third kappa shape index (κ3) is 3.84. The summed E-state index contributed by atoms with van der Waals surface area (Å²) in [5, 5.41) is 4.96. The number of carbonyl (C=O) groups is 1. The van der Waals surface area contributed by atoms with Crippen LogP contribution >= 0.6 is 0 Å². The van der Waals surface area contributed by atoms with E-state index >= 15 is 0 Å². The summed E-state index contributed by atoms with van der Waals surface area (Å²) in [7, 11) is 0. The van der Waals surface area contributed by atoms with Gasteiger partial charge in [-0.2, -0.15) is 5.10 Å². The number of hydrazone groups is 1. The average Bonchev–Trinajstić information content (AvgIpc) is 2.73. The summed E-state index contributed by atoms with van der Waals surface area (Å²) in [6.07, 6.45) is 2.90. The van der Waals surface area contributed by atoms with E-state index in [1.807, 2.05) is 30.5 Å². The van der Waals surface area contributed by atoms with Gasteiger partial charge in [-0.15, -0.1) is 0 Å². The summed E-state index contributed by atoms with van der Waals surface area (Å²) in [6, 6.07) is 7.84. The fourth-order valence-corrected chi connectivity index (χ4v) is 1.61. The van der Waals surface area contributed by atoms with Crippen LogP contribution in [0.25, 0.3) is 10.9 Å².